The maximum absolute atomic E-state index is 7.09. The van der Waals surface area contributed by atoms with Gasteiger partial charge in [-0.2, -0.15) is 0 Å². The number of furan rings is 1. The summed E-state index contributed by atoms with van der Waals surface area (Å²) in [6, 6.07) is 77.3. The van der Waals surface area contributed by atoms with Crippen LogP contribution in [0.2, 0.25) is 0 Å². The molecule has 0 amide bonds. The average molecular weight is 866 g/mol. The van der Waals surface area contributed by atoms with E-state index in [9.17, 15) is 0 Å². The second kappa shape index (κ2) is 14.9. The van der Waals surface area contributed by atoms with Crippen LogP contribution in [0.3, 0.4) is 0 Å². The molecule has 0 fully saturated rings. The molecule has 66 heavy (non-hydrogen) atoms. The number of hydrogen-bond donors (Lipinski definition) is 0. The molecule has 0 N–H and O–H groups in total. The number of fused-ring (bicyclic) bond motifs is 9. The monoisotopic (exact) mass is 865 g/mol. The maximum atomic E-state index is 7.09. The molecule has 314 valence electrons. The van der Waals surface area contributed by atoms with Crippen molar-refractivity contribution in [1.82, 2.24) is 0 Å². The fourth-order valence-corrected chi connectivity index (χ4v) is 11.9. The summed E-state index contributed by atoms with van der Waals surface area (Å²) in [5, 5.41) is 3.50. The van der Waals surface area contributed by atoms with E-state index in [-0.39, 0.29) is 12.1 Å². The molecule has 0 saturated heterocycles. The first-order valence-electron chi connectivity index (χ1n) is 22.8. The molecule has 0 radical (unpaired) electrons. The molecule has 2 aliphatic rings. The molecule has 0 saturated carbocycles. The van der Waals surface area contributed by atoms with Gasteiger partial charge in [-0.25, -0.2) is 0 Å². The molecule has 11 aromatic rings. The number of thiophene rings is 1. The van der Waals surface area contributed by atoms with Gasteiger partial charge in [-0.15, -0.1) is 11.3 Å². The minimum absolute atomic E-state index is 0.0291. The Kier molecular flexibility index (Phi) is 8.71. The lowest BCUT2D eigenvalue weighted by Crippen LogP contribution is -2.60. The molecule has 4 nitrogen and oxygen atoms in total. The molecule has 6 heteroatoms. The third-order valence-corrected chi connectivity index (χ3v) is 14.8. The Labute approximate surface area is 389 Å². The molecule has 0 unspecified atom stereocenters. The van der Waals surface area contributed by atoms with Gasteiger partial charge in [0.05, 0.1) is 11.4 Å². The summed E-state index contributed by atoms with van der Waals surface area (Å²) in [6.07, 6.45) is 0. The number of para-hydroxylation sites is 4. The van der Waals surface area contributed by atoms with Crippen LogP contribution < -0.4 is 30.4 Å². The van der Waals surface area contributed by atoms with Crippen molar-refractivity contribution in [3.63, 3.8) is 0 Å². The Bertz CT molecular complexity index is 3610. The summed E-state index contributed by atoms with van der Waals surface area (Å²) in [5.74, 6) is 0. The summed E-state index contributed by atoms with van der Waals surface area (Å²) in [6.45, 7) is 6.91. The van der Waals surface area contributed by atoms with Gasteiger partial charge in [-0.1, -0.05) is 148 Å². The number of hydrogen-bond acceptors (Lipinski definition) is 5. The first-order valence-corrected chi connectivity index (χ1v) is 23.6. The van der Waals surface area contributed by atoms with E-state index in [2.05, 4.69) is 248 Å². The molecule has 0 spiro atoms. The molecule has 9 aromatic carbocycles. The summed E-state index contributed by atoms with van der Waals surface area (Å²) < 4.78 is 9.70. The van der Waals surface area contributed by atoms with Crippen LogP contribution in [0.1, 0.15) is 26.3 Å². The predicted octanol–water partition coefficient (Wildman–Crippen LogP) is 15.3. The number of rotatable bonds is 6. The third kappa shape index (κ3) is 5.91. The highest BCUT2D eigenvalue weighted by Crippen LogP contribution is 2.52. The largest absolute Gasteiger partial charge is 0.454 e. The Morgan fingerprint density at radius 1 is 0.515 bits per heavy atom. The van der Waals surface area contributed by atoms with E-state index in [0.717, 1.165) is 61.6 Å². The Balaban J connectivity index is 1.12. The van der Waals surface area contributed by atoms with Gasteiger partial charge in [-0.3, -0.25) is 0 Å². The molecule has 2 aliphatic heterocycles. The Morgan fingerprint density at radius 3 is 1.88 bits per heavy atom. The fraction of sp³-hybridized carbons (Fsp3) is 0.0667. The zero-order valence-corrected chi connectivity index (χ0v) is 37.8. The van der Waals surface area contributed by atoms with Crippen LogP contribution in [0.25, 0.3) is 43.2 Å². The van der Waals surface area contributed by atoms with Gasteiger partial charge < -0.3 is 19.1 Å². The van der Waals surface area contributed by atoms with E-state index in [1.54, 1.807) is 0 Å². The van der Waals surface area contributed by atoms with Crippen molar-refractivity contribution in [2.45, 2.75) is 26.2 Å². The van der Waals surface area contributed by atoms with Crippen molar-refractivity contribution < 1.29 is 4.42 Å². The number of benzene rings is 9. The topological polar surface area (TPSA) is 22.9 Å². The van der Waals surface area contributed by atoms with Crippen LogP contribution in [0, 0.1) is 0 Å². The smallest absolute Gasteiger partial charge is 0.264 e. The van der Waals surface area contributed by atoms with Crippen molar-refractivity contribution in [2.75, 3.05) is 14.7 Å². The minimum atomic E-state index is -0.0374. The normalized spacial score (nSPS) is 13.0. The predicted molar refractivity (Wildman–Crippen MR) is 282 cm³/mol. The molecular weight excluding hydrogens is 822 g/mol. The van der Waals surface area contributed by atoms with E-state index in [4.69, 9.17) is 4.42 Å². The van der Waals surface area contributed by atoms with Gasteiger partial charge in [0.1, 0.15) is 5.58 Å². The average Bonchev–Trinajstić information content (AvgIpc) is 3.94. The molecular formula is C60H44BN3OS. The van der Waals surface area contributed by atoms with Crippen molar-refractivity contribution in [3.8, 4) is 11.1 Å². The van der Waals surface area contributed by atoms with Gasteiger partial charge >= 0.3 is 0 Å². The van der Waals surface area contributed by atoms with Crippen LogP contribution in [-0.4, -0.2) is 6.71 Å². The van der Waals surface area contributed by atoms with Crippen LogP contribution in [0.4, 0.5) is 51.2 Å². The Morgan fingerprint density at radius 2 is 1.17 bits per heavy atom. The second-order valence-corrected chi connectivity index (χ2v) is 19.6. The summed E-state index contributed by atoms with van der Waals surface area (Å²) in [5.41, 5.74) is 18.1. The molecule has 13 rings (SSSR count). The zero-order chi connectivity index (χ0) is 44.1. The van der Waals surface area contributed by atoms with E-state index in [1.165, 1.54) is 54.0 Å². The molecule has 0 aliphatic carbocycles. The highest BCUT2D eigenvalue weighted by atomic mass is 32.1. The van der Waals surface area contributed by atoms with Crippen LogP contribution >= 0.6 is 11.3 Å². The first kappa shape index (κ1) is 38.6. The number of nitrogens with zero attached hydrogens (tertiary/aromatic N) is 3. The van der Waals surface area contributed by atoms with Crippen LogP contribution in [-0.2, 0) is 5.41 Å². The van der Waals surface area contributed by atoms with Crippen molar-refractivity contribution in [1.29, 1.82) is 0 Å². The maximum Gasteiger partial charge on any atom is 0.264 e. The Hall–Kier alpha value is -7.80. The van der Waals surface area contributed by atoms with Crippen molar-refractivity contribution >= 4 is 117 Å². The minimum Gasteiger partial charge on any atom is -0.454 e. The molecule has 0 atom stereocenters. The highest BCUT2D eigenvalue weighted by molar-refractivity contribution is 7.33. The van der Waals surface area contributed by atoms with E-state index in [0.29, 0.717) is 0 Å². The molecule has 4 heterocycles. The highest BCUT2D eigenvalue weighted by Gasteiger charge is 2.46. The lowest BCUT2D eigenvalue weighted by atomic mass is 9.36. The summed E-state index contributed by atoms with van der Waals surface area (Å²) in [4.78, 5) is 7.41. The SMILES string of the molecule is CC(C)(C)c1ccc2sc3c(c2c1)N(c1ccc(-c2ccccc2)c2c1oc1ccccc12)c1cccc2c1B3c1ccc(N(c3ccccc3)c3ccccc3)cc1N2c1ccccc1. The summed E-state index contributed by atoms with van der Waals surface area (Å²) in [7, 11) is 0. The van der Waals surface area contributed by atoms with Gasteiger partial charge in [0.15, 0.2) is 5.58 Å². The van der Waals surface area contributed by atoms with Gasteiger partial charge in [0.25, 0.3) is 6.71 Å². The zero-order valence-electron chi connectivity index (χ0n) is 36.9. The lowest BCUT2D eigenvalue weighted by Gasteiger charge is -2.43. The molecule has 2 aromatic heterocycles. The van der Waals surface area contributed by atoms with Crippen LogP contribution in [0.5, 0.6) is 0 Å². The van der Waals surface area contributed by atoms with Crippen LogP contribution in [0.15, 0.2) is 217 Å². The van der Waals surface area contributed by atoms with Gasteiger partial charge in [-0.05, 0) is 118 Å². The third-order valence-electron chi connectivity index (χ3n) is 13.6. The summed E-state index contributed by atoms with van der Waals surface area (Å²) >= 11 is 1.93. The van der Waals surface area contributed by atoms with E-state index < -0.39 is 0 Å². The van der Waals surface area contributed by atoms with Gasteiger partial charge in [0.2, 0.25) is 0 Å². The van der Waals surface area contributed by atoms with Crippen molar-refractivity contribution in [2.24, 2.45) is 0 Å². The van der Waals surface area contributed by atoms with E-state index in [1.807, 2.05) is 11.3 Å². The fourth-order valence-electron chi connectivity index (χ4n) is 10.6. The number of anilines is 9. The second-order valence-electron chi connectivity index (χ2n) is 18.5. The quantitative estimate of drug-likeness (QED) is 0.155. The first-order chi connectivity index (χ1) is 32.4. The molecule has 0 bridgehead atoms. The van der Waals surface area contributed by atoms with E-state index >= 15 is 0 Å². The van der Waals surface area contributed by atoms with Gasteiger partial charge in [0, 0.05) is 65.4 Å². The standard InChI is InChI=1S/C60H44BN3OS/c1-60(2,3)40-31-36-54-47(37-40)57-59(66-54)61-48-34-32-44(62(41-21-10-5-11-22-41)42-23-12-6-13-24-42)38-52(48)63(43-25-14-7-15-26-43)49-28-18-29-50(56(49)61)64(57)51-35-33-45(39-19-8-4-9-20-39)55-46-27-16-17-30-53(46)65-58(51)55/h4-38H,1-3H3. The lowest BCUT2D eigenvalue weighted by molar-refractivity contribution is 0.591. The van der Waals surface area contributed by atoms with Crippen molar-refractivity contribution in [3.05, 3.63) is 218 Å².